The maximum atomic E-state index is 13.2. The van der Waals surface area contributed by atoms with Crippen LogP contribution in [0.1, 0.15) is 38.2 Å². The normalized spacial score (nSPS) is 23.6. The number of aromatic nitrogens is 1. The summed E-state index contributed by atoms with van der Waals surface area (Å²) in [6.07, 6.45) is 3.38. The van der Waals surface area contributed by atoms with E-state index in [0.29, 0.717) is 24.2 Å². The molecule has 0 saturated carbocycles. The number of nitrogens with zero attached hydrogens (tertiary/aromatic N) is 4. The van der Waals surface area contributed by atoms with Gasteiger partial charge in [-0.15, -0.1) is 0 Å². The third-order valence-corrected chi connectivity index (χ3v) is 7.01. The van der Waals surface area contributed by atoms with Gasteiger partial charge in [-0.1, -0.05) is 12.1 Å². The Labute approximate surface area is 200 Å². The quantitative estimate of drug-likeness (QED) is 0.721. The first-order valence-electron chi connectivity index (χ1n) is 12.1. The van der Waals surface area contributed by atoms with Crippen LogP contribution in [0.3, 0.4) is 0 Å². The molecule has 9 heteroatoms. The molecule has 0 bridgehead atoms. The monoisotopic (exact) mass is 464 g/mol. The van der Waals surface area contributed by atoms with Crippen molar-refractivity contribution in [2.24, 2.45) is 0 Å². The third-order valence-electron chi connectivity index (χ3n) is 7.01. The van der Waals surface area contributed by atoms with Gasteiger partial charge in [-0.05, 0) is 56.6 Å². The van der Waals surface area contributed by atoms with Crippen LogP contribution in [0.5, 0.6) is 5.88 Å². The SMILES string of the molecule is CC(=O)N1c2ccc(C3CNN(C4CCNCC4)C3)cc2N(C(=O)Oc2ccccn2)C[C@@H]1C. The summed E-state index contributed by atoms with van der Waals surface area (Å²) < 4.78 is 5.56. The van der Waals surface area contributed by atoms with Crippen LogP contribution in [0.25, 0.3) is 0 Å². The van der Waals surface area contributed by atoms with Crippen molar-refractivity contribution in [3.63, 3.8) is 0 Å². The number of carbonyl (C=O) groups excluding carboxylic acids is 2. The van der Waals surface area contributed by atoms with E-state index in [-0.39, 0.29) is 17.8 Å². The minimum atomic E-state index is -0.493. The van der Waals surface area contributed by atoms with E-state index in [0.717, 1.165) is 50.3 Å². The highest BCUT2D eigenvalue weighted by atomic mass is 16.6. The zero-order valence-corrected chi connectivity index (χ0v) is 19.7. The molecule has 5 rings (SSSR count). The Bertz CT molecular complexity index is 1040. The molecule has 3 aliphatic heterocycles. The number of anilines is 2. The van der Waals surface area contributed by atoms with Crippen LogP contribution in [0.15, 0.2) is 42.6 Å². The molecule has 0 aliphatic carbocycles. The van der Waals surface area contributed by atoms with Gasteiger partial charge in [0.25, 0.3) is 0 Å². The van der Waals surface area contributed by atoms with Gasteiger partial charge in [-0.25, -0.2) is 14.8 Å². The third kappa shape index (κ3) is 4.51. The number of pyridine rings is 1. The molecule has 1 aromatic carbocycles. The molecule has 2 fully saturated rings. The maximum absolute atomic E-state index is 13.2. The molecule has 2 aromatic rings. The van der Waals surface area contributed by atoms with E-state index >= 15 is 0 Å². The van der Waals surface area contributed by atoms with E-state index in [9.17, 15) is 9.59 Å². The lowest BCUT2D eigenvalue weighted by Gasteiger charge is -2.40. The fourth-order valence-corrected chi connectivity index (χ4v) is 5.31. The maximum Gasteiger partial charge on any atom is 0.421 e. The van der Waals surface area contributed by atoms with E-state index < -0.39 is 6.09 Å². The Morgan fingerprint density at radius 3 is 2.65 bits per heavy atom. The van der Waals surface area contributed by atoms with Crippen LogP contribution in [-0.4, -0.2) is 66.8 Å². The molecule has 2 amide bonds. The highest BCUT2D eigenvalue weighted by Gasteiger charge is 2.36. The number of piperidine rings is 1. The Kier molecular flexibility index (Phi) is 6.49. The minimum absolute atomic E-state index is 0.0427. The number of nitrogens with one attached hydrogen (secondary N) is 2. The van der Waals surface area contributed by atoms with Gasteiger partial charge in [0.2, 0.25) is 11.8 Å². The zero-order valence-electron chi connectivity index (χ0n) is 19.7. The summed E-state index contributed by atoms with van der Waals surface area (Å²) in [7, 11) is 0. The number of ether oxygens (including phenoxy) is 1. The van der Waals surface area contributed by atoms with Crippen molar-refractivity contribution >= 4 is 23.4 Å². The minimum Gasteiger partial charge on any atom is -0.391 e. The predicted molar refractivity (Wildman–Crippen MR) is 130 cm³/mol. The fourth-order valence-electron chi connectivity index (χ4n) is 5.31. The Morgan fingerprint density at radius 2 is 1.91 bits per heavy atom. The molecule has 180 valence electrons. The molecule has 4 heterocycles. The molecular weight excluding hydrogens is 432 g/mol. The molecule has 0 radical (unpaired) electrons. The van der Waals surface area contributed by atoms with Crippen LogP contribution in [-0.2, 0) is 4.79 Å². The molecule has 3 aliphatic rings. The lowest BCUT2D eigenvalue weighted by atomic mass is 9.96. The fraction of sp³-hybridized carbons (Fsp3) is 0.480. The highest BCUT2D eigenvalue weighted by molar-refractivity contribution is 6.02. The summed E-state index contributed by atoms with van der Waals surface area (Å²) in [5, 5.41) is 5.80. The lowest BCUT2D eigenvalue weighted by molar-refractivity contribution is -0.117. The summed E-state index contributed by atoms with van der Waals surface area (Å²) in [5.41, 5.74) is 6.16. The average molecular weight is 465 g/mol. The van der Waals surface area contributed by atoms with Crippen molar-refractivity contribution in [2.45, 2.75) is 44.7 Å². The molecule has 2 atom stereocenters. The summed E-state index contributed by atoms with van der Waals surface area (Å²) in [4.78, 5) is 33.1. The van der Waals surface area contributed by atoms with Gasteiger partial charge < -0.3 is 15.0 Å². The van der Waals surface area contributed by atoms with Gasteiger partial charge in [-0.2, -0.15) is 0 Å². The molecule has 9 nitrogen and oxygen atoms in total. The van der Waals surface area contributed by atoms with E-state index in [1.165, 1.54) is 0 Å². The molecule has 2 N–H and O–H groups in total. The number of carbonyl (C=O) groups is 2. The second-order valence-corrected chi connectivity index (χ2v) is 9.33. The number of hydrogen-bond donors (Lipinski definition) is 2. The lowest BCUT2D eigenvalue weighted by Crippen LogP contribution is -2.52. The van der Waals surface area contributed by atoms with E-state index in [4.69, 9.17) is 4.74 Å². The Hall–Kier alpha value is -3.01. The highest BCUT2D eigenvalue weighted by Crippen LogP contribution is 2.39. The summed E-state index contributed by atoms with van der Waals surface area (Å²) in [6, 6.07) is 11.7. The average Bonchev–Trinajstić information content (AvgIpc) is 3.34. The van der Waals surface area contributed by atoms with E-state index in [1.54, 1.807) is 41.1 Å². The summed E-state index contributed by atoms with van der Waals surface area (Å²) >= 11 is 0. The van der Waals surface area contributed by atoms with Crippen LogP contribution >= 0.6 is 0 Å². The van der Waals surface area contributed by atoms with Crippen molar-refractivity contribution < 1.29 is 14.3 Å². The summed E-state index contributed by atoms with van der Waals surface area (Å²) in [6.45, 7) is 7.75. The summed E-state index contributed by atoms with van der Waals surface area (Å²) in [5.74, 6) is 0.516. The van der Waals surface area contributed by atoms with E-state index in [2.05, 4.69) is 32.9 Å². The Morgan fingerprint density at radius 1 is 1.09 bits per heavy atom. The second-order valence-electron chi connectivity index (χ2n) is 9.33. The Balaban J connectivity index is 1.42. The molecule has 2 saturated heterocycles. The first-order chi connectivity index (χ1) is 16.5. The standard InChI is InChI=1S/C25H32N6O3/c1-17-15-29(25(33)34-24-5-3-4-10-27-24)23-13-19(6-7-22(23)31(17)18(2)32)20-14-28-30(16-20)21-8-11-26-12-9-21/h3-7,10,13,17,20-21,26,28H,8-9,11-12,14-16H2,1-2H3/t17-,20?/m0/s1. The number of hydrogen-bond acceptors (Lipinski definition) is 7. The number of fused-ring (bicyclic) bond motifs is 1. The van der Waals surface area contributed by atoms with Crippen LogP contribution in [0, 0.1) is 0 Å². The van der Waals surface area contributed by atoms with Crippen molar-refractivity contribution in [1.82, 2.24) is 20.7 Å². The second kappa shape index (κ2) is 9.69. The van der Waals surface area contributed by atoms with Crippen molar-refractivity contribution in [3.8, 4) is 5.88 Å². The van der Waals surface area contributed by atoms with Crippen LogP contribution in [0.4, 0.5) is 16.2 Å². The smallest absolute Gasteiger partial charge is 0.391 e. The number of rotatable bonds is 3. The first kappa shape index (κ1) is 22.8. The van der Waals surface area contributed by atoms with Crippen molar-refractivity contribution in [1.29, 1.82) is 0 Å². The van der Waals surface area contributed by atoms with Crippen LogP contribution in [0.2, 0.25) is 0 Å². The molecule has 0 spiro atoms. The van der Waals surface area contributed by atoms with E-state index in [1.807, 2.05) is 13.0 Å². The molecule has 1 aromatic heterocycles. The topological polar surface area (TPSA) is 90.0 Å². The largest absolute Gasteiger partial charge is 0.421 e. The van der Waals surface area contributed by atoms with Gasteiger partial charge >= 0.3 is 6.09 Å². The van der Waals surface area contributed by atoms with Crippen LogP contribution < -0.4 is 25.3 Å². The van der Waals surface area contributed by atoms with Gasteiger partial charge in [0.1, 0.15) is 0 Å². The molecular formula is C25H32N6O3. The number of benzene rings is 1. The van der Waals surface area contributed by atoms with Gasteiger partial charge in [0.05, 0.1) is 17.4 Å². The van der Waals surface area contributed by atoms with Crippen molar-refractivity contribution in [3.05, 3.63) is 48.2 Å². The van der Waals surface area contributed by atoms with Gasteiger partial charge in [-0.3, -0.25) is 15.1 Å². The zero-order chi connectivity index (χ0) is 23.7. The van der Waals surface area contributed by atoms with Gasteiger partial charge in [0.15, 0.2) is 0 Å². The molecule has 1 unspecified atom stereocenters. The number of hydrazine groups is 1. The van der Waals surface area contributed by atoms with Gasteiger partial charge in [0, 0.05) is 50.8 Å². The molecule has 34 heavy (non-hydrogen) atoms. The van der Waals surface area contributed by atoms with Crippen molar-refractivity contribution in [2.75, 3.05) is 42.5 Å². The number of amides is 2. The predicted octanol–water partition coefficient (Wildman–Crippen LogP) is 2.50. The first-order valence-corrected chi connectivity index (χ1v) is 12.1.